The van der Waals surface area contributed by atoms with Crippen LogP contribution in [-0.4, -0.2) is 56.2 Å². The van der Waals surface area contributed by atoms with Gasteiger partial charge in [0, 0.05) is 50.4 Å². The number of carbonyl (C=O) groups excluding carboxylic acids is 1. The predicted octanol–water partition coefficient (Wildman–Crippen LogP) is 1.20. The number of aryl methyl sites for hydroxylation is 1. The van der Waals surface area contributed by atoms with Crippen LogP contribution >= 0.6 is 0 Å². The minimum absolute atomic E-state index is 0.0900. The first-order valence-corrected chi connectivity index (χ1v) is 8.88. The number of hydrogen-bond acceptors (Lipinski definition) is 6. The lowest BCUT2D eigenvalue weighted by atomic mass is 10.1. The zero-order valence-electron chi connectivity index (χ0n) is 15.0. The van der Waals surface area contributed by atoms with Crippen LogP contribution in [0.5, 0.6) is 0 Å². The number of carbonyl (C=O) groups is 1. The number of piperazine rings is 1. The van der Waals surface area contributed by atoms with E-state index >= 15 is 0 Å². The quantitative estimate of drug-likeness (QED) is 0.825. The Hall–Kier alpha value is -2.95. The molecule has 0 bridgehead atoms. The monoisotopic (exact) mass is 351 g/mol. The van der Waals surface area contributed by atoms with Crippen molar-refractivity contribution in [1.29, 1.82) is 5.26 Å². The van der Waals surface area contributed by atoms with E-state index in [1.807, 2.05) is 18.1 Å². The minimum atomic E-state index is 0.0900. The molecule has 0 radical (unpaired) electrons. The van der Waals surface area contributed by atoms with Gasteiger partial charge < -0.3 is 9.80 Å². The topological polar surface area (TPSA) is 90.9 Å². The summed E-state index contributed by atoms with van der Waals surface area (Å²) >= 11 is 0. The predicted molar refractivity (Wildman–Crippen MR) is 95.1 cm³/mol. The molecule has 0 aromatic carbocycles. The third-order valence-corrected chi connectivity index (χ3v) is 5.00. The molecule has 3 heterocycles. The molecule has 26 heavy (non-hydrogen) atoms. The zero-order valence-corrected chi connectivity index (χ0v) is 15.0. The SMILES string of the molecule is C[C@@H]1CN(c2nc(-c3cnn(C)c3)cnc2C#N)CCN1C(=O)C1CC1. The van der Waals surface area contributed by atoms with Crippen molar-refractivity contribution >= 4 is 11.7 Å². The number of nitrogens with zero attached hydrogens (tertiary/aromatic N) is 7. The molecular weight excluding hydrogens is 330 g/mol. The van der Waals surface area contributed by atoms with Crippen LogP contribution < -0.4 is 4.90 Å². The average molecular weight is 351 g/mol. The summed E-state index contributed by atoms with van der Waals surface area (Å²) in [6.07, 6.45) is 7.24. The molecule has 0 unspecified atom stereocenters. The van der Waals surface area contributed by atoms with Gasteiger partial charge in [-0.25, -0.2) is 9.97 Å². The number of nitriles is 1. The summed E-state index contributed by atoms with van der Waals surface area (Å²) in [6.45, 7) is 4.01. The lowest BCUT2D eigenvalue weighted by Crippen LogP contribution is -2.55. The summed E-state index contributed by atoms with van der Waals surface area (Å²) in [5, 5.41) is 13.6. The summed E-state index contributed by atoms with van der Waals surface area (Å²) in [4.78, 5) is 25.4. The molecule has 134 valence electrons. The van der Waals surface area contributed by atoms with Gasteiger partial charge in [-0.05, 0) is 19.8 Å². The van der Waals surface area contributed by atoms with E-state index in [1.54, 1.807) is 17.1 Å². The largest absolute Gasteiger partial charge is 0.350 e. The fraction of sp³-hybridized carbons (Fsp3) is 0.500. The summed E-state index contributed by atoms with van der Waals surface area (Å²) in [7, 11) is 1.85. The van der Waals surface area contributed by atoms with Gasteiger partial charge in [0.2, 0.25) is 5.91 Å². The van der Waals surface area contributed by atoms with E-state index in [2.05, 4.69) is 33.0 Å². The Morgan fingerprint density at radius 2 is 2.12 bits per heavy atom. The molecule has 1 atom stereocenters. The molecule has 1 saturated heterocycles. The third kappa shape index (κ3) is 3.01. The van der Waals surface area contributed by atoms with Crippen LogP contribution in [0.3, 0.4) is 0 Å². The summed E-state index contributed by atoms with van der Waals surface area (Å²) < 4.78 is 1.71. The van der Waals surface area contributed by atoms with Gasteiger partial charge in [0.15, 0.2) is 11.5 Å². The van der Waals surface area contributed by atoms with Crippen molar-refractivity contribution in [2.24, 2.45) is 13.0 Å². The fourth-order valence-electron chi connectivity index (χ4n) is 3.41. The van der Waals surface area contributed by atoms with E-state index in [0.717, 1.165) is 18.4 Å². The first-order valence-electron chi connectivity index (χ1n) is 8.88. The van der Waals surface area contributed by atoms with Gasteiger partial charge in [-0.15, -0.1) is 0 Å². The third-order valence-electron chi connectivity index (χ3n) is 5.00. The standard InChI is InChI=1S/C18H21N7O/c1-12-10-24(5-6-25(12)18(26)13-3-4-13)17-15(7-19)20-9-16(22-17)14-8-21-23(2)11-14/h8-9,11-13H,3-6,10H2,1-2H3/t12-/m1/s1. The van der Waals surface area contributed by atoms with E-state index in [0.29, 0.717) is 36.8 Å². The van der Waals surface area contributed by atoms with Crippen LogP contribution in [0.2, 0.25) is 0 Å². The van der Waals surface area contributed by atoms with Crippen LogP contribution in [0.25, 0.3) is 11.3 Å². The Morgan fingerprint density at radius 3 is 2.73 bits per heavy atom. The van der Waals surface area contributed by atoms with Crippen molar-refractivity contribution < 1.29 is 4.79 Å². The molecule has 1 saturated carbocycles. The maximum Gasteiger partial charge on any atom is 0.226 e. The van der Waals surface area contributed by atoms with Gasteiger partial charge in [-0.2, -0.15) is 10.4 Å². The molecule has 8 nitrogen and oxygen atoms in total. The first-order chi connectivity index (χ1) is 12.6. The Kier molecular flexibility index (Phi) is 4.07. The number of anilines is 1. The molecule has 1 aliphatic heterocycles. The maximum atomic E-state index is 12.4. The molecule has 2 aliphatic rings. The normalized spacial score (nSPS) is 20.1. The van der Waals surface area contributed by atoms with E-state index in [-0.39, 0.29) is 17.9 Å². The van der Waals surface area contributed by atoms with Crippen molar-refractivity contribution in [3.8, 4) is 17.3 Å². The van der Waals surface area contributed by atoms with Crippen LogP contribution in [0.15, 0.2) is 18.6 Å². The molecule has 0 spiro atoms. The molecule has 4 rings (SSSR count). The van der Waals surface area contributed by atoms with Crippen molar-refractivity contribution in [3.05, 3.63) is 24.3 Å². The average Bonchev–Trinajstić information content (AvgIpc) is 3.41. The molecular formula is C18H21N7O. The Morgan fingerprint density at radius 1 is 1.31 bits per heavy atom. The van der Waals surface area contributed by atoms with Crippen LogP contribution in [-0.2, 0) is 11.8 Å². The Labute approximate surface area is 152 Å². The summed E-state index contributed by atoms with van der Waals surface area (Å²) in [5.41, 5.74) is 1.87. The van der Waals surface area contributed by atoms with Crippen LogP contribution in [0, 0.1) is 17.2 Å². The first kappa shape index (κ1) is 16.5. The van der Waals surface area contributed by atoms with Gasteiger partial charge in [-0.1, -0.05) is 0 Å². The van der Waals surface area contributed by atoms with Gasteiger partial charge in [0.1, 0.15) is 6.07 Å². The fourth-order valence-corrected chi connectivity index (χ4v) is 3.41. The highest BCUT2D eigenvalue weighted by molar-refractivity contribution is 5.81. The summed E-state index contributed by atoms with van der Waals surface area (Å²) in [6, 6.07) is 2.23. The molecule has 2 aromatic rings. The molecule has 8 heteroatoms. The van der Waals surface area contributed by atoms with Crippen LogP contribution in [0.4, 0.5) is 5.82 Å². The summed E-state index contributed by atoms with van der Waals surface area (Å²) in [5.74, 6) is 1.08. The highest BCUT2D eigenvalue weighted by atomic mass is 16.2. The zero-order chi connectivity index (χ0) is 18.3. The van der Waals surface area contributed by atoms with Gasteiger partial charge in [0.05, 0.1) is 18.1 Å². The van der Waals surface area contributed by atoms with Crippen molar-refractivity contribution in [1.82, 2.24) is 24.6 Å². The van der Waals surface area contributed by atoms with Crippen LogP contribution in [0.1, 0.15) is 25.5 Å². The smallest absolute Gasteiger partial charge is 0.226 e. The maximum absolute atomic E-state index is 12.4. The van der Waals surface area contributed by atoms with Crippen molar-refractivity contribution in [2.75, 3.05) is 24.5 Å². The number of rotatable bonds is 3. The highest BCUT2D eigenvalue weighted by Crippen LogP contribution is 2.33. The molecule has 1 aliphatic carbocycles. The highest BCUT2D eigenvalue weighted by Gasteiger charge is 2.37. The molecule has 2 aromatic heterocycles. The van der Waals surface area contributed by atoms with E-state index in [4.69, 9.17) is 0 Å². The number of aromatic nitrogens is 4. The Balaban J connectivity index is 1.58. The second kappa shape index (κ2) is 6.41. The second-order valence-corrected chi connectivity index (χ2v) is 7.04. The number of amides is 1. The second-order valence-electron chi connectivity index (χ2n) is 7.04. The van der Waals surface area contributed by atoms with E-state index in [1.165, 1.54) is 0 Å². The lowest BCUT2D eigenvalue weighted by molar-refractivity contribution is -0.134. The molecule has 1 amide bonds. The molecule has 2 fully saturated rings. The minimum Gasteiger partial charge on any atom is -0.350 e. The van der Waals surface area contributed by atoms with Gasteiger partial charge >= 0.3 is 0 Å². The van der Waals surface area contributed by atoms with Gasteiger partial charge in [0.25, 0.3) is 0 Å². The number of hydrogen-bond donors (Lipinski definition) is 0. The lowest BCUT2D eigenvalue weighted by Gasteiger charge is -2.40. The van der Waals surface area contributed by atoms with Crippen molar-refractivity contribution in [2.45, 2.75) is 25.8 Å². The van der Waals surface area contributed by atoms with Crippen molar-refractivity contribution in [3.63, 3.8) is 0 Å². The van der Waals surface area contributed by atoms with E-state index < -0.39 is 0 Å². The van der Waals surface area contributed by atoms with E-state index in [9.17, 15) is 10.1 Å². The van der Waals surface area contributed by atoms with Gasteiger partial charge in [-0.3, -0.25) is 9.48 Å². The molecule has 0 N–H and O–H groups in total. The Bertz CT molecular complexity index is 880.